The minimum atomic E-state index is -1.03. The smallest absolute Gasteiger partial charge is 0.160 e. The summed E-state index contributed by atoms with van der Waals surface area (Å²) in [6, 6.07) is 0. The highest BCUT2D eigenvalue weighted by Crippen LogP contribution is 2.20. The van der Waals surface area contributed by atoms with Crippen molar-refractivity contribution in [2.45, 2.75) is 31.0 Å². The molecule has 5 nitrogen and oxygen atoms in total. The summed E-state index contributed by atoms with van der Waals surface area (Å²) in [4.78, 5) is 0. The molecule has 1 aliphatic heterocycles. The molecule has 0 aromatic heterocycles. The van der Waals surface area contributed by atoms with E-state index in [1.165, 1.54) is 7.11 Å². The molecule has 0 radical (unpaired) electrons. The van der Waals surface area contributed by atoms with Gasteiger partial charge in [0.15, 0.2) is 6.29 Å². The van der Waals surface area contributed by atoms with Gasteiger partial charge in [0.1, 0.15) is 12.2 Å². The Kier molecular flexibility index (Phi) is 3.42. The van der Waals surface area contributed by atoms with E-state index < -0.39 is 24.6 Å². The van der Waals surface area contributed by atoms with Crippen molar-refractivity contribution in [2.75, 3.05) is 13.7 Å². The maximum absolute atomic E-state index is 9.26. The summed E-state index contributed by atoms with van der Waals surface area (Å²) < 4.78 is 9.92. The number of methoxy groups -OCH3 is 1. The third-order valence-corrected chi connectivity index (χ3v) is 1.98. The molecule has 0 unspecified atom stereocenters. The molecule has 1 saturated heterocycles. The second kappa shape index (κ2) is 4.15. The third-order valence-electron chi connectivity index (χ3n) is 1.98. The summed E-state index contributed by atoms with van der Waals surface area (Å²) in [6.07, 6.45) is -2.98. The average Bonchev–Trinajstić information content (AvgIpc) is 2.09. The van der Waals surface area contributed by atoms with Crippen molar-refractivity contribution < 1.29 is 24.8 Å². The molecule has 1 heterocycles. The molecule has 0 spiro atoms. The molecule has 3 N–H and O–H groups in total. The van der Waals surface area contributed by atoms with Crippen molar-refractivity contribution >= 4 is 0 Å². The maximum Gasteiger partial charge on any atom is 0.160 e. The third kappa shape index (κ3) is 1.94. The predicted molar refractivity (Wildman–Crippen MR) is 39.4 cm³/mol. The summed E-state index contributed by atoms with van der Waals surface area (Å²) in [6.45, 7) is -0.321. The van der Waals surface area contributed by atoms with Crippen LogP contribution in [0.2, 0.25) is 0 Å². The number of hydrogen-bond donors (Lipinski definition) is 3. The molecular formula is C7H14O5. The first kappa shape index (κ1) is 9.88. The van der Waals surface area contributed by atoms with Crippen LogP contribution in [0.25, 0.3) is 0 Å². The second-order valence-electron chi connectivity index (χ2n) is 2.82. The minimum Gasteiger partial charge on any atom is -0.394 e. The van der Waals surface area contributed by atoms with Crippen LogP contribution in [0.5, 0.6) is 0 Å². The zero-order chi connectivity index (χ0) is 9.14. The Hall–Kier alpha value is -0.200. The number of aliphatic hydroxyl groups excluding tert-OH is 3. The van der Waals surface area contributed by atoms with Crippen LogP contribution in [-0.4, -0.2) is 53.6 Å². The van der Waals surface area contributed by atoms with Gasteiger partial charge in [-0.05, 0) is 0 Å². The van der Waals surface area contributed by atoms with E-state index in [0.717, 1.165) is 0 Å². The molecule has 1 rings (SSSR count). The van der Waals surface area contributed by atoms with Crippen molar-refractivity contribution in [2.24, 2.45) is 0 Å². The Balaban J connectivity index is 2.52. The van der Waals surface area contributed by atoms with Gasteiger partial charge in [0, 0.05) is 13.5 Å². The monoisotopic (exact) mass is 178 g/mol. The topological polar surface area (TPSA) is 79.2 Å². The summed E-state index contributed by atoms with van der Waals surface area (Å²) in [5, 5.41) is 27.3. The maximum atomic E-state index is 9.26. The van der Waals surface area contributed by atoms with Gasteiger partial charge in [0.2, 0.25) is 0 Å². The van der Waals surface area contributed by atoms with Crippen LogP contribution in [0.4, 0.5) is 0 Å². The lowest BCUT2D eigenvalue weighted by Gasteiger charge is -2.35. The van der Waals surface area contributed by atoms with Gasteiger partial charge in [-0.2, -0.15) is 0 Å². The Bertz CT molecular complexity index is 140. The fourth-order valence-corrected chi connectivity index (χ4v) is 1.22. The molecule has 72 valence electrons. The van der Waals surface area contributed by atoms with Crippen LogP contribution in [0.15, 0.2) is 0 Å². The van der Waals surface area contributed by atoms with E-state index in [1.54, 1.807) is 0 Å². The van der Waals surface area contributed by atoms with E-state index in [4.69, 9.17) is 14.6 Å². The largest absolute Gasteiger partial charge is 0.394 e. The SMILES string of the molecule is CO[C@H]1C[C@H](O)[C@@H](O)[C@H](CO)O1. The highest BCUT2D eigenvalue weighted by molar-refractivity contribution is 4.81. The summed E-state index contributed by atoms with van der Waals surface area (Å²) in [5.41, 5.74) is 0. The average molecular weight is 178 g/mol. The quantitative estimate of drug-likeness (QED) is 0.477. The van der Waals surface area contributed by atoms with Gasteiger partial charge in [0.25, 0.3) is 0 Å². The number of hydrogen-bond acceptors (Lipinski definition) is 5. The lowest BCUT2D eigenvalue weighted by atomic mass is 10.0. The highest BCUT2D eigenvalue weighted by Gasteiger charge is 2.36. The Morgan fingerprint density at radius 1 is 1.50 bits per heavy atom. The Morgan fingerprint density at radius 3 is 2.67 bits per heavy atom. The number of aliphatic hydroxyl groups is 3. The van der Waals surface area contributed by atoms with Crippen LogP contribution in [0.3, 0.4) is 0 Å². The molecule has 1 aliphatic rings. The normalized spacial score (nSPS) is 43.0. The van der Waals surface area contributed by atoms with Crippen molar-refractivity contribution in [3.63, 3.8) is 0 Å². The molecule has 4 atom stereocenters. The van der Waals surface area contributed by atoms with E-state index in [9.17, 15) is 10.2 Å². The van der Waals surface area contributed by atoms with Crippen molar-refractivity contribution in [1.29, 1.82) is 0 Å². The van der Waals surface area contributed by atoms with Crippen LogP contribution in [0.1, 0.15) is 6.42 Å². The van der Waals surface area contributed by atoms with Crippen LogP contribution in [-0.2, 0) is 9.47 Å². The summed E-state index contributed by atoms with van der Waals surface area (Å²) in [7, 11) is 1.45. The first-order valence-corrected chi connectivity index (χ1v) is 3.84. The molecule has 0 aromatic carbocycles. The van der Waals surface area contributed by atoms with E-state index >= 15 is 0 Å². The zero-order valence-corrected chi connectivity index (χ0v) is 6.88. The van der Waals surface area contributed by atoms with Crippen molar-refractivity contribution in [3.05, 3.63) is 0 Å². The molecular weight excluding hydrogens is 164 g/mol. The number of rotatable bonds is 2. The Morgan fingerprint density at radius 2 is 2.17 bits per heavy atom. The van der Waals surface area contributed by atoms with E-state index in [0.29, 0.717) is 0 Å². The molecule has 0 aromatic rings. The van der Waals surface area contributed by atoms with Gasteiger partial charge in [0.05, 0.1) is 12.7 Å². The molecule has 0 saturated carbocycles. The van der Waals surface area contributed by atoms with Gasteiger partial charge >= 0.3 is 0 Å². The fraction of sp³-hybridized carbons (Fsp3) is 1.00. The first-order chi connectivity index (χ1) is 5.69. The Labute approximate surface area is 70.5 Å². The zero-order valence-electron chi connectivity index (χ0n) is 6.88. The van der Waals surface area contributed by atoms with Gasteiger partial charge in [-0.1, -0.05) is 0 Å². The van der Waals surface area contributed by atoms with Gasteiger partial charge in [-0.25, -0.2) is 0 Å². The minimum absolute atomic E-state index is 0.230. The standard InChI is InChI=1S/C7H14O5/c1-11-6-2-4(9)7(10)5(3-8)12-6/h4-10H,2-3H2,1H3/t4-,5-,6+,7+/m0/s1. The lowest BCUT2D eigenvalue weighted by Crippen LogP contribution is -2.50. The highest BCUT2D eigenvalue weighted by atomic mass is 16.7. The molecule has 12 heavy (non-hydrogen) atoms. The van der Waals surface area contributed by atoms with Crippen molar-refractivity contribution in [1.82, 2.24) is 0 Å². The molecule has 1 fully saturated rings. The van der Waals surface area contributed by atoms with Gasteiger partial charge in [-0.3, -0.25) is 0 Å². The van der Waals surface area contributed by atoms with Crippen molar-refractivity contribution in [3.8, 4) is 0 Å². The van der Waals surface area contributed by atoms with Crippen LogP contribution >= 0.6 is 0 Å². The second-order valence-corrected chi connectivity index (χ2v) is 2.82. The van der Waals surface area contributed by atoms with Crippen LogP contribution < -0.4 is 0 Å². The van der Waals surface area contributed by atoms with E-state index in [-0.39, 0.29) is 13.0 Å². The molecule has 0 bridgehead atoms. The first-order valence-electron chi connectivity index (χ1n) is 3.84. The van der Waals surface area contributed by atoms with Gasteiger partial charge in [-0.15, -0.1) is 0 Å². The molecule has 5 heteroatoms. The molecule has 0 aliphatic carbocycles. The van der Waals surface area contributed by atoms with Gasteiger partial charge < -0.3 is 24.8 Å². The lowest BCUT2D eigenvalue weighted by molar-refractivity contribution is -0.248. The van der Waals surface area contributed by atoms with E-state index in [1.807, 2.05) is 0 Å². The van der Waals surface area contributed by atoms with Crippen LogP contribution in [0, 0.1) is 0 Å². The van der Waals surface area contributed by atoms with E-state index in [2.05, 4.69) is 0 Å². The predicted octanol–water partition coefficient (Wildman–Crippen LogP) is -1.54. The number of ether oxygens (including phenoxy) is 2. The summed E-state index contributed by atoms with van der Waals surface area (Å²) >= 11 is 0. The fourth-order valence-electron chi connectivity index (χ4n) is 1.22. The summed E-state index contributed by atoms with van der Waals surface area (Å²) in [5.74, 6) is 0. The molecule has 0 amide bonds.